The second kappa shape index (κ2) is 4.31. The number of fused-ring (bicyclic) bond motifs is 1. The second-order valence-electron chi connectivity index (χ2n) is 3.89. The van der Waals surface area contributed by atoms with Gasteiger partial charge in [0.15, 0.2) is 18.2 Å². The van der Waals surface area contributed by atoms with Crippen LogP contribution in [0, 0.1) is 0 Å². The highest BCUT2D eigenvalue weighted by atomic mass is 35.5. The maximum Gasteiger partial charge on any atom is 0.263 e. The van der Waals surface area contributed by atoms with E-state index in [1.165, 1.54) is 0 Å². The summed E-state index contributed by atoms with van der Waals surface area (Å²) in [6.07, 6.45) is 0. The van der Waals surface area contributed by atoms with Crippen LogP contribution < -0.4 is 10.1 Å². The van der Waals surface area contributed by atoms with Gasteiger partial charge in [-0.3, -0.25) is 4.79 Å². The van der Waals surface area contributed by atoms with Crippen molar-refractivity contribution in [3.63, 3.8) is 0 Å². The number of benzene rings is 1. The minimum atomic E-state index is -0.191. The predicted octanol–water partition coefficient (Wildman–Crippen LogP) is 2.73. The van der Waals surface area contributed by atoms with Crippen LogP contribution in [-0.4, -0.2) is 17.5 Å². The van der Waals surface area contributed by atoms with E-state index in [9.17, 15) is 4.79 Å². The van der Waals surface area contributed by atoms with Crippen LogP contribution in [-0.2, 0) is 4.79 Å². The molecule has 1 N–H and O–H groups in total. The normalized spacial score (nSPS) is 13.5. The number of aromatic nitrogens is 1. The summed E-state index contributed by atoms with van der Waals surface area (Å²) in [4.78, 5) is 15.6. The Morgan fingerprint density at radius 3 is 2.72 bits per heavy atom. The van der Waals surface area contributed by atoms with Gasteiger partial charge in [0.1, 0.15) is 0 Å². The Balaban J connectivity index is 2.01. The summed E-state index contributed by atoms with van der Waals surface area (Å²) in [5.41, 5.74) is 1.69. The summed E-state index contributed by atoms with van der Waals surface area (Å²) < 4.78 is 5.25. The maximum absolute atomic E-state index is 11.2. The standard InChI is InChI=1S/C13H9ClN2O2/c14-9-3-1-8(2-4-9)10-5-6-11-13(15-10)16-12(17)7-18-11/h1-6H,7H2,(H,15,16,17). The molecule has 1 aromatic carbocycles. The van der Waals surface area contributed by atoms with E-state index in [0.29, 0.717) is 16.6 Å². The first-order valence-corrected chi connectivity index (χ1v) is 5.80. The molecule has 0 fully saturated rings. The van der Waals surface area contributed by atoms with E-state index in [-0.39, 0.29) is 12.5 Å². The van der Waals surface area contributed by atoms with Crippen molar-refractivity contribution in [1.29, 1.82) is 0 Å². The van der Waals surface area contributed by atoms with Crippen molar-refractivity contribution in [2.45, 2.75) is 0 Å². The zero-order valence-electron chi connectivity index (χ0n) is 9.31. The second-order valence-corrected chi connectivity index (χ2v) is 4.32. The zero-order valence-corrected chi connectivity index (χ0v) is 10.1. The number of carbonyl (C=O) groups excluding carboxylic acids is 1. The summed E-state index contributed by atoms with van der Waals surface area (Å²) in [6, 6.07) is 11.0. The van der Waals surface area contributed by atoms with Crippen LogP contribution in [0.3, 0.4) is 0 Å². The Morgan fingerprint density at radius 1 is 1.17 bits per heavy atom. The Kier molecular flexibility index (Phi) is 2.64. The number of halogens is 1. The monoisotopic (exact) mass is 260 g/mol. The van der Waals surface area contributed by atoms with E-state index >= 15 is 0 Å². The molecule has 90 valence electrons. The molecule has 0 atom stereocenters. The van der Waals surface area contributed by atoms with Crippen LogP contribution in [0.4, 0.5) is 5.82 Å². The van der Waals surface area contributed by atoms with Crippen LogP contribution in [0.5, 0.6) is 5.75 Å². The van der Waals surface area contributed by atoms with Gasteiger partial charge >= 0.3 is 0 Å². The highest BCUT2D eigenvalue weighted by Crippen LogP contribution is 2.29. The van der Waals surface area contributed by atoms with Gasteiger partial charge in [0.2, 0.25) is 0 Å². The zero-order chi connectivity index (χ0) is 12.5. The lowest BCUT2D eigenvalue weighted by atomic mass is 10.1. The third kappa shape index (κ3) is 2.02. The first-order valence-electron chi connectivity index (χ1n) is 5.42. The number of anilines is 1. The van der Waals surface area contributed by atoms with E-state index in [0.717, 1.165) is 11.3 Å². The largest absolute Gasteiger partial charge is 0.480 e. The summed E-state index contributed by atoms with van der Waals surface area (Å²) in [5.74, 6) is 0.856. The molecule has 0 saturated carbocycles. The SMILES string of the molecule is O=C1COc2ccc(-c3ccc(Cl)cc3)nc2N1. The van der Waals surface area contributed by atoms with E-state index in [2.05, 4.69) is 10.3 Å². The van der Waals surface area contributed by atoms with Gasteiger partial charge in [0, 0.05) is 10.6 Å². The number of rotatable bonds is 1. The molecule has 2 heterocycles. The first kappa shape index (κ1) is 11.0. The molecule has 1 aromatic heterocycles. The smallest absolute Gasteiger partial charge is 0.263 e. The van der Waals surface area contributed by atoms with Crippen molar-refractivity contribution in [3.8, 4) is 17.0 Å². The number of carbonyl (C=O) groups is 1. The van der Waals surface area contributed by atoms with Crippen molar-refractivity contribution in [2.24, 2.45) is 0 Å². The van der Waals surface area contributed by atoms with Gasteiger partial charge in [0.05, 0.1) is 5.69 Å². The van der Waals surface area contributed by atoms with Gasteiger partial charge in [-0.05, 0) is 24.3 Å². The summed E-state index contributed by atoms with van der Waals surface area (Å²) in [6.45, 7) is 0.0367. The molecule has 2 aromatic rings. The highest BCUT2D eigenvalue weighted by Gasteiger charge is 2.17. The average molecular weight is 261 g/mol. The summed E-state index contributed by atoms with van der Waals surface area (Å²) in [7, 11) is 0. The molecule has 1 aliphatic heterocycles. The Hall–Kier alpha value is -2.07. The molecular formula is C13H9ClN2O2. The molecule has 5 heteroatoms. The fourth-order valence-corrected chi connectivity index (χ4v) is 1.87. The fourth-order valence-electron chi connectivity index (χ4n) is 1.75. The minimum Gasteiger partial charge on any atom is -0.480 e. The van der Waals surface area contributed by atoms with Crippen molar-refractivity contribution < 1.29 is 9.53 Å². The van der Waals surface area contributed by atoms with Crippen molar-refractivity contribution in [3.05, 3.63) is 41.4 Å². The van der Waals surface area contributed by atoms with Crippen LogP contribution in [0.15, 0.2) is 36.4 Å². The van der Waals surface area contributed by atoms with Gasteiger partial charge in [-0.25, -0.2) is 4.98 Å². The van der Waals surface area contributed by atoms with E-state index in [4.69, 9.17) is 16.3 Å². The van der Waals surface area contributed by atoms with E-state index in [1.807, 2.05) is 18.2 Å². The van der Waals surface area contributed by atoms with E-state index in [1.54, 1.807) is 18.2 Å². The highest BCUT2D eigenvalue weighted by molar-refractivity contribution is 6.30. The Labute approximate surface area is 109 Å². The summed E-state index contributed by atoms with van der Waals surface area (Å²) >= 11 is 5.84. The first-order chi connectivity index (χ1) is 8.72. The topological polar surface area (TPSA) is 51.2 Å². The molecule has 3 rings (SSSR count). The molecule has 0 bridgehead atoms. The van der Waals surface area contributed by atoms with Gasteiger partial charge in [-0.15, -0.1) is 0 Å². The van der Waals surface area contributed by atoms with Crippen molar-refractivity contribution in [2.75, 3.05) is 11.9 Å². The molecule has 0 aliphatic carbocycles. The van der Waals surface area contributed by atoms with Crippen LogP contribution in [0.2, 0.25) is 5.02 Å². The molecule has 0 spiro atoms. The molecular weight excluding hydrogens is 252 g/mol. The number of ether oxygens (including phenoxy) is 1. The molecule has 0 radical (unpaired) electrons. The molecule has 0 unspecified atom stereocenters. The molecule has 18 heavy (non-hydrogen) atoms. The summed E-state index contributed by atoms with van der Waals surface area (Å²) in [5, 5.41) is 3.35. The molecule has 1 amide bonds. The van der Waals surface area contributed by atoms with E-state index < -0.39 is 0 Å². The van der Waals surface area contributed by atoms with Crippen LogP contribution in [0.1, 0.15) is 0 Å². The van der Waals surface area contributed by atoms with Crippen LogP contribution >= 0.6 is 11.6 Å². The average Bonchev–Trinajstić information content (AvgIpc) is 2.38. The van der Waals surface area contributed by atoms with Crippen LogP contribution in [0.25, 0.3) is 11.3 Å². The fraction of sp³-hybridized carbons (Fsp3) is 0.0769. The maximum atomic E-state index is 11.2. The molecule has 1 aliphatic rings. The quantitative estimate of drug-likeness (QED) is 0.858. The molecule has 4 nitrogen and oxygen atoms in total. The van der Waals surface area contributed by atoms with Crippen molar-refractivity contribution in [1.82, 2.24) is 4.98 Å². The number of nitrogens with zero attached hydrogens (tertiary/aromatic N) is 1. The predicted molar refractivity (Wildman–Crippen MR) is 68.8 cm³/mol. The number of pyridine rings is 1. The third-order valence-corrected chi connectivity index (χ3v) is 2.87. The minimum absolute atomic E-state index is 0.0367. The lowest BCUT2D eigenvalue weighted by Crippen LogP contribution is -2.26. The Bertz CT molecular complexity index is 611. The lowest BCUT2D eigenvalue weighted by molar-refractivity contribution is -0.118. The van der Waals surface area contributed by atoms with Gasteiger partial charge in [-0.1, -0.05) is 23.7 Å². The van der Waals surface area contributed by atoms with Gasteiger partial charge in [-0.2, -0.15) is 0 Å². The molecule has 0 saturated heterocycles. The van der Waals surface area contributed by atoms with Gasteiger partial charge in [0.25, 0.3) is 5.91 Å². The number of hydrogen-bond acceptors (Lipinski definition) is 3. The van der Waals surface area contributed by atoms with Crippen molar-refractivity contribution >= 4 is 23.3 Å². The number of nitrogens with one attached hydrogen (secondary N) is 1. The lowest BCUT2D eigenvalue weighted by Gasteiger charge is -2.17. The van der Waals surface area contributed by atoms with Gasteiger partial charge < -0.3 is 10.1 Å². The third-order valence-electron chi connectivity index (χ3n) is 2.61. The number of amides is 1. The Morgan fingerprint density at radius 2 is 1.94 bits per heavy atom. The number of hydrogen-bond donors (Lipinski definition) is 1.